The first-order valence-electron chi connectivity index (χ1n) is 6.79. The number of hydrogen-bond acceptors (Lipinski definition) is 3. The zero-order valence-electron chi connectivity index (χ0n) is 12.0. The van der Waals surface area contributed by atoms with Gasteiger partial charge < -0.3 is 5.11 Å². The summed E-state index contributed by atoms with van der Waals surface area (Å²) in [4.78, 5) is 0. The molecule has 5 nitrogen and oxygen atoms in total. The van der Waals surface area contributed by atoms with E-state index in [0.29, 0.717) is 32.5 Å². The predicted octanol–water partition coefficient (Wildman–Crippen LogP) is 1.21. The molecule has 1 aromatic carbocycles. The average molecular weight is 298 g/mol. The monoisotopic (exact) mass is 298 g/mol. The fourth-order valence-electron chi connectivity index (χ4n) is 2.32. The van der Waals surface area contributed by atoms with Crippen LogP contribution in [0.2, 0.25) is 0 Å². The minimum Gasteiger partial charge on any atom is -0.390 e. The Balaban J connectivity index is 2.03. The highest BCUT2D eigenvalue weighted by molar-refractivity contribution is 7.86. The van der Waals surface area contributed by atoms with Gasteiger partial charge in [0.1, 0.15) is 0 Å². The quantitative estimate of drug-likeness (QED) is 0.909. The molecule has 1 aliphatic heterocycles. The summed E-state index contributed by atoms with van der Waals surface area (Å²) in [5, 5.41) is 9.90. The third-order valence-corrected chi connectivity index (χ3v) is 5.70. The molecule has 0 saturated carbocycles. The number of nitrogens with zero attached hydrogens (tertiary/aromatic N) is 2. The molecule has 0 atom stereocenters. The molecule has 6 heteroatoms. The lowest BCUT2D eigenvalue weighted by Gasteiger charge is -2.36. The van der Waals surface area contributed by atoms with Gasteiger partial charge in [-0.05, 0) is 25.3 Å². The van der Waals surface area contributed by atoms with Crippen molar-refractivity contribution in [2.45, 2.75) is 31.9 Å². The SMILES string of the molecule is CN(Cc1ccccc1)S(=O)(=O)N1CCC(C)(O)CC1. The zero-order chi connectivity index (χ0) is 14.8. The molecular formula is C14H22N2O3S. The molecule has 1 saturated heterocycles. The van der Waals surface area contributed by atoms with Crippen LogP contribution in [0, 0.1) is 0 Å². The highest BCUT2D eigenvalue weighted by Gasteiger charge is 2.35. The van der Waals surface area contributed by atoms with E-state index in [0.717, 1.165) is 5.56 Å². The summed E-state index contributed by atoms with van der Waals surface area (Å²) in [7, 11) is -1.86. The van der Waals surface area contributed by atoms with E-state index in [-0.39, 0.29) is 0 Å². The standard InChI is InChI=1S/C14H22N2O3S/c1-14(17)8-10-16(11-9-14)20(18,19)15(2)12-13-6-4-3-5-7-13/h3-7,17H,8-12H2,1-2H3. The van der Waals surface area contributed by atoms with Crippen molar-refractivity contribution in [3.8, 4) is 0 Å². The first-order valence-corrected chi connectivity index (χ1v) is 8.19. The molecule has 0 radical (unpaired) electrons. The number of piperidine rings is 1. The Morgan fingerprint density at radius 1 is 1.25 bits per heavy atom. The fourth-order valence-corrected chi connectivity index (χ4v) is 3.67. The van der Waals surface area contributed by atoms with Crippen LogP contribution in [0.15, 0.2) is 30.3 Å². The number of hydrogen-bond donors (Lipinski definition) is 1. The third kappa shape index (κ3) is 3.58. The summed E-state index contributed by atoms with van der Waals surface area (Å²) in [6.07, 6.45) is 0.955. The molecule has 20 heavy (non-hydrogen) atoms. The van der Waals surface area contributed by atoms with Crippen molar-refractivity contribution in [2.75, 3.05) is 20.1 Å². The molecule has 112 valence electrons. The van der Waals surface area contributed by atoms with Gasteiger partial charge in [0, 0.05) is 26.7 Å². The van der Waals surface area contributed by atoms with Crippen molar-refractivity contribution in [1.29, 1.82) is 0 Å². The van der Waals surface area contributed by atoms with Gasteiger partial charge in [-0.1, -0.05) is 30.3 Å². The van der Waals surface area contributed by atoms with Crippen LogP contribution in [0.1, 0.15) is 25.3 Å². The molecule has 1 aromatic rings. The van der Waals surface area contributed by atoms with Crippen LogP contribution >= 0.6 is 0 Å². The molecule has 1 fully saturated rings. The lowest BCUT2D eigenvalue weighted by Crippen LogP contribution is -2.49. The van der Waals surface area contributed by atoms with Gasteiger partial charge in [-0.3, -0.25) is 0 Å². The Labute approximate surface area is 121 Å². The van der Waals surface area contributed by atoms with Crippen molar-refractivity contribution in [2.24, 2.45) is 0 Å². The topological polar surface area (TPSA) is 60.9 Å². The van der Waals surface area contributed by atoms with Crippen LogP contribution in [0.5, 0.6) is 0 Å². The molecule has 1 N–H and O–H groups in total. The van der Waals surface area contributed by atoms with Gasteiger partial charge >= 0.3 is 0 Å². The molecule has 0 bridgehead atoms. The molecule has 0 amide bonds. The highest BCUT2D eigenvalue weighted by atomic mass is 32.2. The van der Waals surface area contributed by atoms with E-state index in [1.54, 1.807) is 14.0 Å². The number of aliphatic hydroxyl groups is 1. The predicted molar refractivity (Wildman–Crippen MR) is 78.3 cm³/mol. The lowest BCUT2D eigenvalue weighted by atomic mass is 9.95. The molecule has 0 aromatic heterocycles. The highest BCUT2D eigenvalue weighted by Crippen LogP contribution is 2.24. The van der Waals surface area contributed by atoms with Crippen LogP contribution in [-0.4, -0.2) is 47.9 Å². The summed E-state index contributed by atoms with van der Waals surface area (Å²) < 4.78 is 27.8. The van der Waals surface area contributed by atoms with Crippen molar-refractivity contribution in [3.63, 3.8) is 0 Å². The van der Waals surface area contributed by atoms with E-state index in [4.69, 9.17) is 0 Å². The summed E-state index contributed by atoms with van der Waals surface area (Å²) in [5.74, 6) is 0. The van der Waals surface area contributed by atoms with E-state index in [1.165, 1.54) is 8.61 Å². The third-order valence-electron chi connectivity index (χ3n) is 3.77. The normalized spacial score (nSPS) is 20.2. The minimum absolute atomic E-state index is 0.357. The molecule has 0 aliphatic carbocycles. The van der Waals surface area contributed by atoms with Crippen molar-refractivity contribution in [1.82, 2.24) is 8.61 Å². The van der Waals surface area contributed by atoms with Gasteiger partial charge in [0.05, 0.1) is 5.60 Å². The Morgan fingerprint density at radius 2 is 1.80 bits per heavy atom. The first kappa shape index (κ1) is 15.4. The smallest absolute Gasteiger partial charge is 0.282 e. The second-order valence-electron chi connectivity index (χ2n) is 5.65. The van der Waals surface area contributed by atoms with Crippen LogP contribution in [0.3, 0.4) is 0 Å². The molecule has 1 heterocycles. The number of benzene rings is 1. The second-order valence-corrected chi connectivity index (χ2v) is 7.68. The molecule has 0 unspecified atom stereocenters. The van der Waals surface area contributed by atoms with Crippen LogP contribution in [0.25, 0.3) is 0 Å². The maximum atomic E-state index is 12.5. The van der Waals surface area contributed by atoms with E-state index < -0.39 is 15.8 Å². The first-order chi connectivity index (χ1) is 9.31. The second kappa shape index (κ2) is 5.81. The summed E-state index contributed by atoms with van der Waals surface area (Å²) >= 11 is 0. The maximum absolute atomic E-state index is 12.5. The van der Waals surface area contributed by atoms with Gasteiger partial charge in [0.2, 0.25) is 0 Å². The molecule has 1 aliphatic rings. The Hall–Kier alpha value is -0.950. The maximum Gasteiger partial charge on any atom is 0.282 e. The summed E-state index contributed by atoms with van der Waals surface area (Å²) in [6, 6.07) is 9.52. The van der Waals surface area contributed by atoms with Gasteiger partial charge in [-0.2, -0.15) is 17.0 Å². The van der Waals surface area contributed by atoms with Crippen molar-refractivity contribution < 1.29 is 13.5 Å². The van der Waals surface area contributed by atoms with E-state index >= 15 is 0 Å². The molecular weight excluding hydrogens is 276 g/mol. The van der Waals surface area contributed by atoms with Crippen LogP contribution in [0.4, 0.5) is 0 Å². The van der Waals surface area contributed by atoms with Gasteiger partial charge in [0.25, 0.3) is 10.2 Å². The zero-order valence-corrected chi connectivity index (χ0v) is 12.8. The van der Waals surface area contributed by atoms with Crippen molar-refractivity contribution >= 4 is 10.2 Å². The minimum atomic E-state index is -3.45. The largest absolute Gasteiger partial charge is 0.390 e. The van der Waals surface area contributed by atoms with Gasteiger partial charge in [0.15, 0.2) is 0 Å². The lowest BCUT2D eigenvalue weighted by molar-refractivity contribution is 0.0116. The van der Waals surface area contributed by atoms with Gasteiger partial charge in [-0.25, -0.2) is 0 Å². The summed E-state index contributed by atoms with van der Waals surface area (Å²) in [5.41, 5.74) is 0.215. The fraction of sp³-hybridized carbons (Fsp3) is 0.571. The summed E-state index contributed by atoms with van der Waals surface area (Å²) in [6.45, 7) is 2.85. The Morgan fingerprint density at radius 3 is 2.35 bits per heavy atom. The van der Waals surface area contributed by atoms with Crippen LogP contribution in [-0.2, 0) is 16.8 Å². The Kier molecular flexibility index (Phi) is 4.49. The average Bonchev–Trinajstić information content (AvgIpc) is 2.39. The van der Waals surface area contributed by atoms with E-state index in [9.17, 15) is 13.5 Å². The van der Waals surface area contributed by atoms with Crippen LogP contribution < -0.4 is 0 Å². The van der Waals surface area contributed by atoms with E-state index in [2.05, 4.69) is 0 Å². The van der Waals surface area contributed by atoms with E-state index in [1.807, 2.05) is 30.3 Å². The van der Waals surface area contributed by atoms with Crippen molar-refractivity contribution in [3.05, 3.63) is 35.9 Å². The number of rotatable bonds is 4. The molecule has 0 spiro atoms. The Bertz CT molecular complexity index is 533. The van der Waals surface area contributed by atoms with Gasteiger partial charge in [-0.15, -0.1) is 0 Å². The molecule has 2 rings (SSSR count).